The van der Waals surface area contributed by atoms with E-state index in [2.05, 4.69) is 21.0 Å². The molecule has 5 rings (SSSR count). The van der Waals surface area contributed by atoms with Crippen LogP contribution in [0.25, 0.3) is 0 Å². The van der Waals surface area contributed by atoms with Crippen LogP contribution in [0.5, 0.6) is 5.75 Å². The summed E-state index contributed by atoms with van der Waals surface area (Å²) in [7, 11) is 1.11. The lowest BCUT2D eigenvalue weighted by Gasteiger charge is -2.32. The van der Waals surface area contributed by atoms with Crippen LogP contribution < -0.4 is 25.1 Å². The highest BCUT2D eigenvalue weighted by molar-refractivity contribution is 7.92. The van der Waals surface area contributed by atoms with Gasteiger partial charge in [0.2, 0.25) is 21.8 Å². The SMILES string of the molecule is COc1cccc(CN(C[C@@H](O)[C@H](Cc2ccccc2)NC(=O)c2cc(C(=O)N[C@H](C)c3ccccc3)cc(N(C)S(C)(=O)=O)c2)C(=O)CCCC(=O)NN2CCN(C)CC2)c1. The van der Waals surface area contributed by atoms with Gasteiger partial charge in [-0.3, -0.25) is 28.9 Å². The van der Waals surface area contributed by atoms with Crippen molar-refractivity contribution < 1.29 is 37.4 Å². The standard InChI is InChI=1S/C46H59N7O8S/c1-33(36-17-10-7-11-18-36)47-45(57)37-28-38(30-39(29-37)51(3)62(5,59)60)46(58)48-41(27-34-14-8-6-9-15-34)42(54)32-52(31-35-16-12-19-40(26-35)61-4)44(56)21-13-20-43(55)49-53-24-22-50(2)23-25-53/h6-12,14-19,26,28-30,33,41-42,54H,13,20-25,27,31-32H2,1-5H3,(H,47,57)(H,48,58)(H,49,55)/t33-,41+,42-/m1/s1. The van der Waals surface area contributed by atoms with Gasteiger partial charge >= 0.3 is 0 Å². The van der Waals surface area contributed by atoms with Gasteiger partial charge in [0.05, 0.1) is 37.2 Å². The van der Waals surface area contributed by atoms with Crippen LogP contribution in [-0.4, -0.2) is 124 Å². The van der Waals surface area contributed by atoms with Crippen molar-refractivity contribution in [3.63, 3.8) is 0 Å². The maximum atomic E-state index is 14.3. The van der Waals surface area contributed by atoms with Gasteiger partial charge in [-0.2, -0.15) is 0 Å². The Morgan fingerprint density at radius 3 is 2.05 bits per heavy atom. The Labute approximate surface area is 365 Å². The van der Waals surface area contributed by atoms with Crippen LogP contribution >= 0.6 is 0 Å². The summed E-state index contributed by atoms with van der Waals surface area (Å²) in [6.07, 6.45) is 0.351. The van der Waals surface area contributed by atoms with E-state index in [-0.39, 0.29) is 67.4 Å². The zero-order valence-electron chi connectivity index (χ0n) is 36.1. The zero-order chi connectivity index (χ0) is 44.8. The van der Waals surface area contributed by atoms with Crippen molar-refractivity contribution in [2.24, 2.45) is 0 Å². The summed E-state index contributed by atoms with van der Waals surface area (Å²) in [6.45, 7) is 4.86. The Bertz CT molecular complexity index is 2240. The summed E-state index contributed by atoms with van der Waals surface area (Å²) in [5.41, 5.74) is 5.46. The normalized spacial score (nSPS) is 14.8. The lowest BCUT2D eigenvalue weighted by atomic mass is 9.99. The molecule has 0 radical (unpaired) electrons. The van der Waals surface area contributed by atoms with E-state index in [1.165, 1.54) is 30.1 Å². The number of benzene rings is 4. The Kier molecular flexibility index (Phi) is 17.0. The molecule has 1 aliphatic heterocycles. The molecule has 0 unspecified atom stereocenters. The van der Waals surface area contributed by atoms with Crippen molar-refractivity contribution in [1.29, 1.82) is 0 Å². The van der Waals surface area contributed by atoms with Crippen molar-refractivity contribution in [3.8, 4) is 5.75 Å². The van der Waals surface area contributed by atoms with Crippen LogP contribution in [0.1, 0.15) is 69.6 Å². The third-order valence-corrected chi connectivity index (χ3v) is 12.1. The minimum absolute atomic E-state index is 0.0139. The molecule has 0 spiro atoms. The predicted molar refractivity (Wildman–Crippen MR) is 239 cm³/mol. The second-order valence-electron chi connectivity index (χ2n) is 15.7. The van der Waals surface area contributed by atoms with E-state index in [0.717, 1.165) is 40.3 Å². The van der Waals surface area contributed by atoms with E-state index in [0.29, 0.717) is 18.8 Å². The number of carbonyl (C=O) groups excluding carboxylic acids is 4. The van der Waals surface area contributed by atoms with Gasteiger partial charge in [0.25, 0.3) is 11.8 Å². The summed E-state index contributed by atoms with van der Waals surface area (Å²) in [5, 5.41) is 19.8. The lowest BCUT2D eigenvalue weighted by Crippen LogP contribution is -2.52. The fraction of sp³-hybridized carbons (Fsp3) is 0.391. The highest BCUT2D eigenvalue weighted by Crippen LogP contribution is 2.23. The number of ether oxygens (including phenoxy) is 1. The molecule has 1 fully saturated rings. The van der Waals surface area contributed by atoms with E-state index in [9.17, 15) is 32.7 Å². The van der Waals surface area contributed by atoms with Crippen LogP contribution in [0.3, 0.4) is 0 Å². The molecule has 332 valence electrons. The number of carbonyl (C=O) groups is 4. The van der Waals surface area contributed by atoms with Crippen LogP contribution in [0.4, 0.5) is 5.69 Å². The van der Waals surface area contributed by atoms with Gasteiger partial charge in [-0.05, 0) is 73.8 Å². The van der Waals surface area contributed by atoms with Gasteiger partial charge in [-0.15, -0.1) is 0 Å². The molecule has 62 heavy (non-hydrogen) atoms. The largest absolute Gasteiger partial charge is 0.497 e. The third kappa shape index (κ3) is 14.1. The Balaban J connectivity index is 1.38. The average molecular weight is 870 g/mol. The molecule has 16 heteroatoms. The minimum Gasteiger partial charge on any atom is -0.497 e. The average Bonchev–Trinajstić information content (AvgIpc) is 3.26. The first-order chi connectivity index (χ1) is 29.6. The number of nitrogens with zero attached hydrogens (tertiary/aromatic N) is 4. The van der Waals surface area contributed by atoms with Crippen LogP contribution in [0.15, 0.2) is 103 Å². The van der Waals surface area contributed by atoms with Crippen LogP contribution in [-0.2, 0) is 32.6 Å². The fourth-order valence-corrected chi connectivity index (χ4v) is 7.55. The fourth-order valence-electron chi connectivity index (χ4n) is 7.06. The number of hydrogen-bond donors (Lipinski definition) is 4. The molecular formula is C46H59N7O8S. The smallest absolute Gasteiger partial charge is 0.251 e. The van der Waals surface area contributed by atoms with Gasteiger partial charge < -0.3 is 30.3 Å². The Morgan fingerprint density at radius 2 is 1.42 bits per heavy atom. The second-order valence-corrected chi connectivity index (χ2v) is 17.8. The number of sulfonamides is 1. The number of nitrogens with one attached hydrogen (secondary N) is 3. The Morgan fingerprint density at radius 1 is 0.806 bits per heavy atom. The lowest BCUT2D eigenvalue weighted by molar-refractivity contribution is -0.134. The third-order valence-electron chi connectivity index (χ3n) is 10.9. The molecular weight excluding hydrogens is 811 g/mol. The summed E-state index contributed by atoms with van der Waals surface area (Å²) in [5.74, 6) is -1.07. The van der Waals surface area contributed by atoms with Crippen molar-refractivity contribution in [2.45, 2.75) is 57.3 Å². The van der Waals surface area contributed by atoms with Gasteiger partial charge in [0.1, 0.15) is 5.75 Å². The summed E-state index contributed by atoms with van der Waals surface area (Å²) >= 11 is 0. The quantitative estimate of drug-likeness (QED) is 0.102. The van der Waals surface area contributed by atoms with E-state index < -0.39 is 40.0 Å². The Hall–Kier alpha value is -5.81. The number of hydrogen-bond acceptors (Lipinski definition) is 10. The molecule has 1 heterocycles. The number of piperazine rings is 1. The number of anilines is 1. The number of amides is 4. The zero-order valence-corrected chi connectivity index (χ0v) is 36.9. The number of aliphatic hydroxyl groups excluding tert-OH is 1. The molecule has 0 aliphatic carbocycles. The topological polar surface area (TPSA) is 181 Å². The number of rotatable bonds is 20. The molecule has 0 saturated carbocycles. The summed E-state index contributed by atoms with van der Waals surface area (Å²) < 4.78 is 31.7. The van der Waals surface area contributed by atoms with E-state index in [4.69, 9.17) is 4.74 Å². The monoisotopic (exact) mass is 869 g/mol. The van der Waals surface area contributed by atoms with Gasteiger partial charge in [0, 0.05) is 70.3 Å². The minimum atomic E-state index is -3.80. The van der Waals surface area contributed by atoms with E-state index in [1.807, 2.05) is 85.7 Å². The second kappa shape index (κ2) is 22.3. The molecule has 3 atom stereocenters. The highest BCUT2D eigenvalue weighted by atomic mass is 32.2. The molecule has 4 N–H and O–H groups in total. The summed E-state index contributed by atoms with van der Waals surface area (Å²) in [4.78, 5) is 58.4. The predicted octanol–water partition coefficient (Wildman–Crippen LogP) is 3.76. The highest BCUT2D eigenvalue weighted by Gasteiger charge is 2.28. The maximum absolute atomic E-state index is 14.3. The van der Waals surface area contributed by atoms with Gasteiger partial charge in [-0.1, -0.05) is 72.8 Å². The molecule has 0 aromatic heterocycles. The first-order valence-electron chi connectivity index (χ1n) is 20.7. The number of likely N-dealkylation sites (N-methyl/N-ethyl adjacent to an activating group) is 1. The summed E-state index contributed by atoms with van der Waals surface area (Å²) in [6, 6.07) is 28.6. The molecule has 4 aromatic carbocycles. The van der Waals surface area contributed by atoms with Gasteiger partial charge in [0.15, 0.2) is 0 Å². The number of methoxy groups -OCH3 is 1. The molecule has 1 saturated heterocycles. The number of aliphatic hydroxyl groups is 1. The van der Waals surface area contributed by atoms with Gasteiger partial charge in [-0.25, -0.2) is 13.4 Å². The van der Waals surface area contributed by atoms with E-state index in [1.54, 1.807) is 25.3 Å². The number of hydrazine groups is 1. The molecule has 1 aliphatic rings. The molecule has 0 bridgehead atoms. The maximum Gasteiger partial charge on any atom is 0.251 e. The van der Waals surface area contributed by atoms with Crippen molar-refractivity contribution in [1.82, 2.24) is 30.9 Å². The molecule has 4 amide bonds. The van der Waals surface area contributed by atoms with Crippen molar-refractivity contribution >= 4 is 39.3 Å². The van der Waals surface area contributed by atoms with Crippen molar-refractivity contribution in [2.75, 3.05) is 64.5 Å². The first kappa shape index (κ1) is 47.2. The van der Waals surface area contributed by atoms with Crippen molar-refractivity contribution in [3.05, 3.63) is 131 Å². The molecule has 15 nitrogen and oxygen atoms in total. The molecule has 4 aromatic rings. The van der Waals surface area contributed by atoms with Crippen LogP contribution in [0, 0.1) is 0 Å². The first-order valence-corrected chi connectivity index (χ1v) is 22.6. The van der Waals surface area contributed by atoms with E-state index >= 15 is 0 Å². The van der Waals surface area contributed by atoms with Crippen LogP contribution in [0.2, 0.25) is 0 Å².